The number of nitrogens with zero attached hydrogens (tertiary/aromatic N) is 3. The normalized spacial score (nSPS) is 14.5. The number of amides is 2. The van der Waals surface area contributed by atoms with Crippen molar-refractivity contribution in [2.24, 2.45) is 5.92 Å². The second kappa shape index (κ2) is 10.7. The van der Waals surface area contributed by atoms with Gasteiger partial charge in [-0.25, -0.2) is 13.4 Å². The highest BCUT2D eigenvalue weighted by atomic mass is 35.5. The Morgan fingerprint density at radius 1 is 1.19 bits per heavy atom. The number of carbonyl (C=O) groups excluding carboxylic acids is 2. The summed E-state index contributed by atoms with van der Waals surface area (Å²) in [5.74, 6) is -0.240. The van der Waals surface area contributed by atoms with Gasteiger partial charge in [-0.3, -0.25) is 14.7 Å². The van der Waals surface area contributed by atoms with E-state index in [1.54, 1.807) is 41.3 Å². The van der Waals surface area contributed by atoms with E-state index < -0.39 is 9.84 Å². The number of hydrogen-bond acceptors (Lipinski definition) is 7. The van der Waals surface area contributed by atoms with Crippen molar-refractivity contribution in [2.75, 3.05) is 31.8 Å². The Bertz CT molecular complexity index is 1370. The van der Waals surface area contributed by atoms with Crippen LogP contribution in [0.15, 0.2) is 42.6 Å². The van der Waals surface area contributed by atoms with Gasteiger partial charge in [0.15, 0.2) is 15.5 Å². The molecule has 0 bridgehead atoms. The zero-order chi connectivity index (χ0) is 25.9. The van der Waals surface area contributed by atoms with Gasteiger partial charge in [-0.1, -0.05) is 23.7 Å². The molecule has 2 N–H and O–H groups in total. The molecule has 190 valence electrons. The van der Waals surface area contributed by atoms with E-state index in [0.29, 0.717) is 59.3 Å². The van der Waals surface area contributed by atoms with Gasteiger partial charge < -0.3 is 15.0 Å². The number of anilines is 1. The summed E-state index contributed by atoms with van der Waals surface area (Å²) < 4.78 is 28.0. The Balaban J connectivity index is 1.33. The Morgan fingerprint density at radius 2 is 1.89 bits per heavy atom. The lowest BCUT2D eigenvalue weighted by Crippen LogP contribution is -2.41. The van der Waals surface area contributed by atoms with Gasteiger partial charge in [-0.15, -0.1) is 0 Å². The quantitative estimate of drug-likeness (QED) is 0.478. The Hall–Kier alpha value is -3.44. The van der Waals surface area contributed by atoms with Gasteiger partial charge in [0.05, 0.1) is 29.8 Å². The van der Waals surface area contributed by atoms with Gasteiger partial charge >= 0.3 is 0 Å². The summed E-state index contributed by atoms with van der Waals surface area (Å²) in [6, 6.07) is 10.0. The summed E-state index contributed by atoms with van der Waals surface area (Å²) in [5.41, 5.74) is 2.71. The van der Waals surface area contributed by atoms with Crippen LogP contribution >= 0.6 is 11.6 Å². The molecule has 1 aromatic carbocycles. The molecule has 36 heavy (non-hydrogen) atoms. The van der Waals surface area contributed by atoms with Crippen LogP contribution in [-0.4, -0.2) is 66.8 Å². The van der Waals surface area contributed by atoms with Crippen molar-refractivity contribution < 1.29 is 22.7 Å². The molecule has 1 aliphatic rings. The molecule has 12 heteroatoms. The first kappa shape index (κ1) is 25.6. The fraction of sp³-hybridized carbons (Fsp3) is 0.333. The van der Waals surface area contributed by atoms with Gasteiger partial charge in [-0.2, -0.15) is 5.10 Å². The number of H-pyrrole nitrogens is 1. The molecule has 2 amide bonds. The summed E-state index contributed by atoms with van der Waals surface area (Å²) in [5, 5.41) is 10.3. The molecule has 0 spiro atoms. The third-order valence-electron chi connectivity index (χ3n) is 5.93. The molecule has 0 saturated carbocycles. The van der Waals surface area contributed by atoms with Crippen LogP contribution in [0.25, 0.3) is 11.3 Å². The van der Waals surface area contributed by atoms with E-state index in [0.717, 1.165) is 0 Å². The second-order valence-corrected chi connectivity index (χ2v) is 11.2. The number of ether oxygens (including phenoxy) is 1. The Labute approximate surface area is 213 Å². The molecule has 0 unspecified atom stereocenters. The van der Waals surface area contributed by atoms with E-state index in [4.69, 9.17) is 16.3 Å². The van der Waals surface area contributed by atoms with Crippen LogP contribution in [-0.2, 0) is 20.4 Å². The number of carbonyl (C=O) groups is 2. The zero-order valence-corrected chi connectivity index (χ0v) is 21.4. The molecule has 10 nitrogen and oxygen atoms in total. The monoisotopic (exact) mass is 531 g/mol. The lowest BCUT2D eigenvalue weighted by molar-refractivity contribution is -0.121. The molecule has 1 aliphatic heterocycles. The molecular formula is C24H26ClN5O5S. The number of aromatic amines is 1. The minimum absolute atomic E-state index is 0.0466. The highest BCUT2D eigenvalue weighted by molar-refractivity contribution is 7.89. The summed E-state index contributed by atoms with van der Waals surface area (Å²) in [7, 11) is -1.62. The van der Waals surface area contributed by atoms with Crippen LogP contribution < -0.4 is 10.1 Å². The van der Waals surface area contributed by atoms with E-state index in [-0.39, 0.29) is 29.2 Å². The third-order valence-corrected chi connectivity index (χ3v) is 7.09. The van der Waals surface area contributed by atoms with Crippen LogP contribution in [0.2, 0.25) is 5.02 Å². The molecule has 2 aromatic heterocycles. The lowest BCUT2D eigenvalue weighted by atomic mass is 9.95. The molecule has 3 aromatic rings. The first-order valence-electron chi connectivity index (χ1n) is 11.2. The number of aromatic nitrogens is 3. The van der Waals surface area contributed by atoms with Gasteiger partial charge in [-0.05, 0) is 36.6 Å². The van der Waals surface area contributed by atoms with E-state index in [9.17, 15) is 18.0 Å². The van der Waals surface area contributed by atoms with Crippen LogP contribution in [0.5, 0.6) is 5.88 Å². The highest BCUT2D eigenvalue weighted by Crippen LogP contribution is 2.29. The molecule has 1 fully saturated rings. The van der Waals surface area contributed by atoms with Crippen molar-refractivity contribution in [3.05, 3.63) is 58.9 Å². The molecule has 1 saturated heterocycles. The zero-order valence-electron chi connectivity index (χ0n) is 19.8. The number of methoxy groups -OCH3 is 1. The Kier molecular flexibility index (Phi) is 7.60. The fourth-order valence-corrected chi connectivity index (χ4v) is 5.05. The first-order valence-corrected chi connectivity index (χ1v) is 13.7. The van der Waals surface area contributed by atoms with Gasteiger partial charge in [0, 0.05) is 42.6 Å². The minimum Gasteiger partial charge on any atom is -0.481 e. The van der Waals surface area contributed by atoms with Crippen molar-refractivity contribution in [2.45, 2.75) is 18.6 Å². The van der Waals surface area contributed by atoms with Crippen LogP contribution in [0.4, 0.5) is 5.69 Å². The van der Waals surface area contributed by atoms with Crippen LogP contribution in [0, 0.1) is 5.92 Å². The lowest BCUT2D eigenvalue weighted by Gasteiger charge is -2.30. The average Bonchev–Trinajstić information content (AvgIpc) is 3.34. The van der Waals surface area contributed by atoms with Gasteiger partial charge in [0.2, 0.25) is 11.8 Å². The summed E-state index contributed by atoms with van der Waals surface area (Å²) in [4.78, 5) is 31.4. The number of hydrogen-bond donors (Lipinski definition) is 2. The maximum atomic E-state index is 13.0. The maximum Gasteiger partial charge on any atom is 0.274 e. The van der Waals surface area contributed by atoms with E-state index in [1.807, 2.05) is 0 Å². The molecule has 0 aliphatic carbocycles. The molecular weight excluding hydrogens is 506 g/mol. The van der Waals surface area contributed by atoms with E-state index in [1.165, 1.54) is 19.6 Å². The number of sulfone groups is 1. The van der Waals surface area contributed by atoms with Gasteiger partial charge in [0.25, 0.3) is 5.91 Å². The molecule has 0 atom stereocenters. The number of piperidine rings is 1. The van der Waals surface area contributed by atoms with Crippen molar-refractivity contribution in [3.8, 4) is 17.1 Å². The summed E-state index contributed by atoms with van der Waals surface area (Å²) >= 11 is 6.24. The maximum absolute atomic E-state index is 13.0. The highest BCUT2D eigenvalue weighted by Gasteiger charge is 2.29. The standard InChI is InChI=1S/C24H26ClN5O5S/c1-35-22-11-18(19(25)13-26-22)20-12-21(29-28-20)24(32)30-9-7-16(8-10-30)23(31)27-17-5-3-15(4-6-17)14-36(2,33)34/h3-6,11-13,16H,7-10,14H2,1-2H3,(H,27,31)(H,28,29). The SMILES string of the molecule is COc1cc(-c2cc(C(=O)N3CCC(C(=O)Nc4ccc(CS(C)(=O)=O)cc4)CC3)n[nH]2)c(Cl)cn1. The smallest absolute Gasteiger partial charge is 0.274 e. The predicted octanol–water partition coefficient (Wildman–Crippen LogP) is 3.17. The van der Waals surface area contributed by atoms with Gasteiger partial charge in [0.1, 0.15) is 0 Å². The fourth-order valence-electron chi connectivity index (χ4n) is 4.04. The number of likely N-dealkylation sites (tertiary alicyclic amines) is 1. The molecule has 4 rings (SSSR count). The third kappa shape index (κ3) is 6.21. The van der Waals surface area contributed by atoms with Crippen molar-refractivity contribution in [1.29, 1.82) is 0 Å². The number of halogens is 1. The summed E-state index contributed by atoms with van der Waals surface area (Å²) in [6.45, 7) is 0.854. The molecule has 3 heterocycles. The molecule has 0 radical (unpaired) electrons. The summed E-state index contributed by atoms with van der Waals surface area (Å²) in [6.07, 6.45) is 3.69. The largest absolute Gasteiger partial charge is 0.481 e. The van der Waals surface area contributed by atoms with Crippen molar-refractivity contribution >= 4 is 38.9 Å². The average molecular weight is 532 g/mol. The number of pyridine rings is 1. The van der Waals surface area contributed by atoms with Crippen LogP contribution in [0.1, 0.15) is 28.9 Å². The minimum atomic E-state index is -3.12. The number of nitrogens with one attached hydrogen (secondary N) is 2. The number of benzene rings is 1. The Morgan fingerprint density at radius 3 is 2.53 bits per heavy atom. The first-order chi connectivity index (χ1) is 17.1. The van der Waals surface area contributed by atoms with E-state index >= 15 is 0 Å². The second-order valence-electron chi connectivity index (χ2n) is 8.70. The topological polar surface area (TPSA) is 134 Å². The number of rotatable bonds is 7. The van der Waals surface area contributed by atoms with E-state index in [2.05, 4.69) is 20.5 Å². The van der Waals surface area contributed by atoms with Crippen LogP contribution in [0.3, 0.4) is 0 Å². The van der Waals surface area contributed by atoms with Crippen molar-refractivity contribution in [1.82, 2.24) is 20.1 Å². The van der Waals surface area contributed by atoms with Crippen molar-refractivity contribution in [3.63, 3.8) is 0 Å². The predicted molar refractivity (Wildman–Crippen MR) is 136 cm³/mol.